The van der Waals surface area contributed by atoms with Crippen molar-refractivity contribution < 1.29 is 9.90 Å². The molecule has 0 aromatic carbocycles. The Labute approximate surface area is 59.5 Å². The maximum atomic E-state index is 10.5. The van der Waals surface area contributed by atoms with Crippen molar-refractivity contribution in [3.05, 3.63) is 11.6 Å². The number of hydrogen-bond donors (Lipinski definition) is 2. The molecule has 3 heteroatoms. The van der Waals surface area contributed by atoms with Gasteiger partial charge in [0.2, 0.25) is 0 Å². The lowest BCUT2D eigenvalue weighted by molar-refractivity contribution is -0.141. The second kappa shape index (κ2) is 2.09. The number of carboxylic acids is 1. The maximum absolute atomic E-state index is 10.5. The molecule has 0 heterocycles. The Morgan fingerprint density at radius 1 is 1.90 bits per heavy atom. The van der Waals surface area contributed by atoms with E-state index in [1.54, 1.807) is 6.08 Å². The maximum Gasteiger partial charge on any atom is 0.327 e. The van der Waals surface area contributed by atoms with Crippen LogP contribution in [-0.2, 0) is 4.79 Å². The molecule has 3 nitrogen and oxygen atoms in total. The molecule has 1 aliphatic carbocycles. The minimum absolute atomic E-state index is 0.536. The fourth-order valence-corrected chi connectivity index (χ4v) is 1.16. The molecule has 3 N–H and O–H groups in total. The van der Waals surface area contributed by atoms with Crippen molar-refractivity contribution in [2.75, 3.05) is 0 Å². The topological polar surface area (TPSA) is 63.3 Å². The van der Waals surface area contributed by atoms with E-state index in [1.807, 2.05) is 6.92 Å². The van der Waals surface area contributed by atoms with Gasteiger partial charge in [0.05, 0.1) is 0 Å². The molecule has 0 aliphatic heterocycles. The number of rotatable bonds is 1. The minimum Gasteiger partial charge on any atom is -0.480 e. The first kappa shape index (κ1) is 7.28. The lowest BCUT2D eigenvalue weighted by Crippen LogP contribution is -2.44. The van der Waals surface area contributed by atoms with E-state index in [1.165, 1.54) is 0 Å². The lowest BCUT2D eigenvalue weighted by Gasteiger charge is -2.13. The molecule has 0 spiro atoms. The molecule has 0 aromatic rings. The summed E-state index contributed by atoms with van der Waals surface area (Å²) in [7, 11) is 0. The zero-order valence-corrected chi connectivity index (χ0v) is 5.92. The second-order valence-corrected chi connectivity index (χ2v) is 2.84. The van der Waals surface area contributed by atoms with E-state index < -0.39 is 11.5 Å². The number of hydrogen-bond acceptors (Lipinski definition) is 2. The van der Waals surface area contributed by atoms with Crippen molar-refractivity contribution in [2.45, 2.75) is 25.3 Å². The van der Waals surface area contributed by atoms with E-state index in [0.29, 0.717) is 6.42 Å². The summed E-state index contributed by atoms with van der Waals surface area (Å²) in [6.07, 6.45) is 2.98. The molecular weight excluding hydrogens is 130 g/mol. The highest BCUT2D eigenvalue weighted by Gasteiger charge is 2.34. The molecule has 1 aliphatic rings. The fraction of sp³-hybridized carbons (Fsp3) is 0.571. The Bertz CT molecular complexity index is 198. The third-order valence-corrected chi connectivity index (χ3v) is 1.84. The Morgan fingerprint density at radius 3 is 2.70 bits per heavy atom. The van der Waals surface area contributed by atoms with Crippen LogP contribution in [0.4, 0.5) is 0 Å². The molecular formula is C7H11NO2. The SMILES string of the molecule is CC1=CC(N)(C(=O)O)CC1. The van der Waals surface area contributed by atoms with Crippen molar-refractivity contribution in [1.29, 1.82) is 0 Å². The summed E-state index contributed by atoms with van der Waals surface area (Å²) in [5.74, 6) is -0.927. The Kier molecular flexibility index (Phi) is 1.52. The zero-order valence-electron chi connectivity index (χ0n) is 5.92. The molecule has 1 atom stereocenters. The number of aliphatic carboxylic acids is 1. The molecule has 1 unspecified atom stereocenters. The highest BCUT2D eigenvalue weighted by Crippen LogP contribution is 2.25. The first-order chi connectivity index (χ1) is 4.54. The van der Waals surface area contributed by atoms with E-state index in [9.17, 15) is 4.79 Å². The summed E-state index contributed by atoms with van der Waals surface area (Å²) in [6.45, 7) is 1.90. The smallest absolute Gasteiger partial charge is 0.327 e. The minimum atomic E-state index is -1.08. The van der Waals surface area contributed by atoms with Gasteiger partial charge in [0.15, 0.2) is 0 Å². The standard InChI is InChI=1S/C7H11NO2/c1-5-2-3-7(8,4-5)6(9)10/h4H,2-3,8H2,1H3,(H,9,10). The molecule has 10 heavy (non-hydrogen) atoms. The van der Waals surface area contributed by atoms with Gasteiger partial charge in [0, 0.05) is 0 Å². The van der Waals surface area contributed by atoms with Crippen LogP contribution < -0.4 is 5.73 Å². The van der Waals surface area contributed by atoms with E-state index >= 15 is 0 Å². The van der Waals surface area contributed by atoms with E-state index in [0.717, 1.165) is 12.0 Å². The van der Waals surface area contributed by atoms with Crippen molar-refractivity contribution in [3.8, 4) is 0 Å². The van der Waals surface area contributed by atoms with Gasteiger partial charge in [-0.2, -0.15) is 0 Å². The Balaban J connectivity index is 2.82. The number of carbonyl (C=O) groups is 1. The van der Waals surface area contributed by atoms with E-state index in [4.69, 9.17) is 10.8 Å². The third-order valence-electron chi connectivity index (χ3n) is 1.84. The van der Waals surface area contributed by atoms with Crippen LogP contribution in [0.1, 0.15) is 19.8 Å². The molecule has 0 bridgehead atoms. The molecule has 0 saturated heterocycles. The number of nitrogens with two attached hydrogens (primary N) is 1. The predicted octanol–water partition coefficient (Wildman–Crippen LogP) is 0.509. The van der Waals surface area contributed by atoms with Crippen LogP contribution in [-0.4, -0.2) is 16.6 Å². The van der Waals surface area contributed by atoms with Crippen LogP contribution >= 0.6 is 0 Å². The average Bonchev–Trinajstić information content (AvgIpc) is 2.13. The van der Waals surface area contributed by atoms with Gasteiger partial charge in [-0.3, -0.25) is 0 Å². The Morgan fingerprint density at radius 2 is 2.50 bits per heavy atom. The summed E-state index contributed by atoms with van der Waals surface area (Å²) in [5.41, 5.74) is 5.51. The molecule has 56 valence electrons. The van der Waals surface area contributed by atoms with Crippen molar-refractivity contribution >= 4 is 5.97 Å². The van der Waals surface area contributed by atoms with Crippen LogP contribution in [0.15, 0.2) is 11.6 Å². The first-order valence-corrected chi connectivity index (χ1v) is 3.25. The van der Waals surface area contributed by atoms with Gasteiger partial charge in [0.1, 0.15) is 5.54 Å². The number of carboxylic acid groups (broad SMARTS) is 1. The second-order valence-electron chi connectivity index (χ2n) is 2.84. The first-order valence-electron chi connectivity index (χ1n) is 3.25. The van der Waals surface area contributed by atoms with Crippen molar-refractivity contribution in [1.82, 2.24) is 0 Å². The highest BCUT2D eigenvalue weighted by molar-refractivity contribution is 5.82. The van der Waals surface area contributed by atoms with Gasteiger partial charge < -0.3 is 10.8 Å². The fourth-order valence-electron chi connectivity index (χ4n) is 1.16. The largest absolute Gasteiger partial charge is 0.480 e. The van der Waals surface area contributed by atoms with Crippen molar-refractivity contribution in [3.63, 3.8) is 0 Å². The number of allylic oxidation sites excluding steroid dienone is 1. The lowest BCUT2D eigenvalue weighted by atomic mass is 10.0. The highest BCUT2D eigenvalue weighted by atomic mass is 16.4. The van der Waals surface area contributed by atoms with Crippen LogP contribution in [0.3, 0.4) is 0 Å². The summed E-state index contributed by atoms with van der Waals surface area (Å²) < 4.78 is 0. The van der Waals surface area contributed by atoms with Gasteiger partial charge in [-0.05, 0) is 19.8 Å². The predicted molar refractivity (Wildman–Crippen MR) is 37.5 cm³/mol. The van der Waals surface area contributed by atoms with Gasteiger partial charge in [-0.25, -0.2) is 4.79 Å². The zero-order chi connectivity index (χ0) is 7.78. The molecule has 1 rings (SSSR count). The molecule has 0 fully saturated rings. The molecule has 0 saturated carbocycles. The average molecular weight is 141 g/mol. The summed E-state index contributed by atoms with van der Waals surface area (Å²) >= 11 is 0. The molecule has 0 aromatic heterocycles. The van der Waals surface area contributed by atoms with Crippen molar-refractivity contribution in [2.24, 2.45) is 5.73 Å². The monoisotopic (exact) mass is 141 g/mol. The van der Waals surface area contributed by atoms with Crippen LogP contribution in [0.25, 0.3) is 0 Å². The quantitative estimate of drug-likeness (QED) is 0.523. The van der Waals surface area contributed by atoms with Gasteiger partial charge in [-0.1, -0.05) is 11.6 Å². The van der Waals surface area contributed by atoms with Gasteiger partial charge in [-0.15, -0.1) is 0 Å². The molecule has 0 radical (unpaired) electrons. The van der Waals surface area contributed by atoms with Crippen LogP contribution in [0, 0.1) is 0 Å². The van der Waals surface area contributed by atoms with E-state index in [2.05, 4.69) is 0 Å². The van der Waals surface area contributed by atoms with Crippen LogP contribution in [0.2, 0.25) is 0 Å². The van der Waals surface area contributed by atoms with Gasteiger partial charge >= 0.3 is 5.97 Å². The van der Waals surface area contributed by atoms with Crippen LogP contribution in [0.5, 0.6) is 0 Å². The summed E-state index contributed by atoms with van der Waals surface area (Å²) in [5, 5.41) is 8.62. The summed E-state index contributed by atoms with van der Waals surface area (Å²) in [4.78, 5) is 10.5. The Hall–Kier alpha value is -0.830. The normalized spacial score (nSPS) is 32.0. The summed E-state index contributed by atoms with van der Waals surface area (Å²) in [6, 6.07) is 0. The third kappa shape index (κ3) is 1.04. The van der Waals surface area contributed by atoms with Gasteiger partial charge in [0.25, 0.3) is 0 Å². The molecule has 0 amide bonds. The van der Waals surface area contributed by atoms with E-state index in [-0.39, 0.29) is 0 Å².